The molecule has 0 saturated carbocycles. The topological polar surface area (TPSA) is 40.7 Å². The first-order valence-electron chi connectivity index (χ1n) is 5.30. The molecule has 3 nitrogen and oxygen atoms in total. The molecule has 0 saturated heterocycles. The zero-order valence-corrected chi connectivity index (χ0v) is 9.07. The summed E-state index contributed by atoms with van der Waals surface area (Å²) in [5.41, 5.74) is 0.610. The van der Waals surface area contributed by atoms with Crippen molar-refractivity contribution in [1.82, 2.24) is 15.3 Å². The molecule has 0 radical (unpaired) electrons. The molecule has 0 aliphatic carbocycles. The molecule has 2 aromatic rings. The third-order valence-electron chi connectivity index (χ3n) is 2.42. The van der Waals surface area contributed by atoms with Gasteiger partial charge in [-0.3, -0.25) is 0 Å². The molecule has 0 amide bonds. The number of nitrogens with one attached hydrogen (secondary N) is 2. The molecule has 0 aliphatic rings. The molecule has 0 aliphatic heterocycles. The maximum Gasteiger partial charge on any atom is 0.128 e. The van der Waals surface area contributed by atoms with Crippen LogP contribution in [0.3, 0.4) is 0 Å². The average molecular weight is 219 g/mol. The summed E-state index contributed by atoms with van der Waals surface area (Å²) in [4.78, 5) is 7.18. The Balaban J connectivity index is 2.37. The molecule has 16 heavy (non-hydrogen) atoms. The van der Waals surface area contributed by atoms with Gasteiger partial charge in [0.25, 0.3) is 0 Å². The van der Waals surface area contributed by atoms with Gasteiger partial charge in [0.15, 0.2) is 0 Å². The van der Waals surface area contributed by atoms with Crippen LogP contribution in [0.2, 0.25) is 0 Å². The molecular weight excluding hydrogens is 205 g/mol. The molecule has 0 fully saturated rings. The molecule has 1 heterocycles. The van der Waals surface area contributed by atoms with Crippen LogP contribution in [0.4, 0.5) is 4.39 Å². The maximum atomic E-state index is 13.7. The SMILES string of the molecule is CCNC(c1ncc[nH]1)c1ccccc1F. The van der Waals surface area contributed by atoms with Crippen LogP contribution in [-0.4, -0.2) is 16.5 Å². The third kappa shape index (κ3) is 2.12. The number of aromatic nitrogens is 2. The van der Waals surface area contributed by atoms with E-state index in [1.165, 1.54) is 6.07 Å². The highest BCUT2D eigenvalue weighted by Crippen LogP contribution is 2.21. The first kappa shape index (κ1) is 10.8. The Hall–Kier alpha value is -1.68. The lowest BCUT2D eigenvalue weighted by Gasteiger charge is -2.16. The number of hydrogen-bond donors (Lipinski definition) is 2. The molecule has 84 valence electrons. The van der Waals surface area contributed by atoms with Crippen LogP contribution in [0.15, 0.2) is 36.7 Å². The highest BCUT2D eigenvalue weighted by atomic mass is 19.1. The molecule has 1 unspecified atom stereocenters. The average Bonchev–Trinajstić information content (AvgIpc) is 2.80. The number of H-pyrrole nitrogens is 1. The quantitative estimate of drug-likeness (QED) is 0.828. The lowest BCUT2D eigenvalue weighted by Crippen LogP contribution is -2.24. The van der Waals surface area contributed by atoms with E-state index in [0.717, 1.165) is 12.4 Å². The van der Waals surface area contributed by atoms with Crippen LogP contribution >= 0.6 is 0 Å². The minimum atomic E-state index is -0.221. The zero-order valence-electron chi connectivity index (χ0n) is 9.07. The smallest absolute Gasteiger partial charge is 0.128 e. The molecule has 0 spiro atoms. The summed E-state index contributed by atoms with van der Waals surface area (Å²) in [7, 11) is 0. The van der Waals surface area contributed by atoms with Crippen molar-refractivity contribution in [2.24, 2.45) is 0 Å². The number of imidazole rings is 1. The molecule has 2 N–H and O–H groups in total. The molecule has 4 heteroatoms. The van der Waals surface area contributed by atoms with E-state index in [1.54, 1.807) is 24.5 Å². The zero-order chi connectivity index (χ0) is 11.4. The van der Waals surface area contributed by atoms with Crippen LogP contribution in [0.25, 0.3) is 0 Å². The van der Waals surface area contributed by atoms with Gasteiger partial charge in [-0.2, -0.15) is 0 Å². The highest BCUT2D eigenvalue weighted by molar-refractivity contribution is 5.26. The van der Waals surface area contributed by atoms with Crippen molar-refractivity contribution in [3.8, 4) is 0 Å². The van der Waals surface area contributed by atoms with Crippen LogP contribution in [-0.2, 0) is 0 Å². The maximum absolute atomic E-state index is 13.7. The first-order valence-corrected chi connectivity index (χ1v) is 5.30. The molecule has 1 atom stereocenters. The fourth-order valence-electron chi connectivity index (χ4n) is 1.70. The molecule has 0 bridgehead atoms. The Bertz CT molecular complexity index is 439. The van der Waals surface area contributed by atoms with Gasteiger partial charge in [-0.15, -0.1) is 0 Å². The van der Waals surface area contributed by atoms with Gasteiger partial charge < -0.3 is 10.3 Å². The Morgan fingerprint density at radius 1 is 1.44 bits per heavy atom. The Morgan fingerprint density at radius 3 is 2.88 bits per heavy atom. The van der Waals surface area contributed by atoms with Crippen molar-refractivity contribution in [1.29, 1.82) is 0 Å². The van der Waals surface area contributed by atoms with E-state index in [9.17, 15) is 4.39 Å². The fourth-order valence-corrected chi connectivity index (χ4v) is 1.70. The summed E-state index contributed by atoms with van der Waals surface area (Å²) in [5.74, 6) is 0.511. The van der Waals surface area contributed by atoms with Crippen LogP contribution < -0.4 is 5.32 Å². The van der Waals surface area contributed by atoms with E-state index in [-0.39, 0.29) is 11.9 Å². The minimum absolute atomic E-state index is 0.218. The van der Waals surface area contributed by atoms with Gasteiger partial charge in [0.1, 0.15) is 11.6 Å². The van der Waals surface area contributed by atoms with Crippen molar-refractivity contribution < 1.29 is 4.39 Å². The molecule has 1 aromatic carbocycles. The number of hydrogen-bond acceptors (Lipinski definition) is 2. The predicted octanol–water partition coefficient (Wildman–Crippen LogP) is 2.25. The van der Waals surface area contributed by atoms with Gasteiger partial charge in [-0.25, -0.2) is 9.37 Å². The summed E-state index contributed by atoms with van der Waals surface area (Å²) in [6, 6.07) is 6.52. The van der Waals surface area contributed by atoms with Gasteiger partial charge in [0.2, 0.25) is 0 Å². The molecular formula is C12H14FN3. The van der Waals surface area contributed by atoms with Gasteiger partial charge >= 0.3 is 0 Å². The normalized spacial score (nSPS) is 12.6. The minimum Gasteiger partial charge on any atom is -0.347 e. The summed E-state index contributed by atoms with van der Waals surface area (Å²) in [6.45, 7) is 2.73. The van der Waals surface area contributed by atoms with Crippen LogP contribution in [0.1, 0.15) is 24.4 Å². The monoisotopic (exact) mass is 219 g/mol. The second-order valence-corrected chi connectivity index (χ2v) is 3.49. The Kier molecular flexibility index (Phi) is 3.31. The van der Waals surface area contributed by atoms with Crippen LogP contribution in [0.5, 0.6) is 0 Å². The second kappa shape index (κ2) is 4.90. The first-order chi connectivity index (χ1) is 7.83. The number of rotatable bonds is 4. The number of nitrogens with zero attached hydrogens (tertiary/aromatic N) is 1. The standard InChI is InChI=1S/C12H14FN3/c1-2-14-11(12-15-7-8-16-12)9-5-3-4-6-10(9)13/h3-8,11,14H,2H2,1H3,(H,15,16). The third-order valence-corrected chi connectivity index (χ3v) is 2.42. The van der Waals surface area contributed by atoms with Gasteiger partial charge in [-0.1, -0.05) is 25.1 Å². The van der Waals surface area contributed by atoms with E-state index >= 15 is 0 Å². The van der Waals surface area contributed by atoms with Crippen LogP contribution in [0, 0.1) is 5.82 Å². The Morgan fingerprint density at radius 2 is 2.25 bits per heavy atom. The van der Waals surface area contributed by atoms with E-state index < -0.39 is 0 Å². The lowest BCUT2D eigenvalue weighted by molar-refractivity contribution is 0.546. The van der Waals surface area contributed by atoms with Crippen molar-refractivity contribution in [2.75, 3.05) is 6.54 Å². The Labute approximate surface area is 93.7 Å². The summed E-state index contributed by atoms with van der Waals surface area (Å²) < 4.78 is 13.7. The fraction of sp³-hybridized carbons (Fsp3) is 0.250. The van der Waals surface area contributed by atoms with Gasteiger partial charge in [0, 0.05) is 18.0 Å². The van der Waals surface area contributed by atoms with Crippen molar-refractivity contribution in [2.45, 2.75) is 13.0 Å². The van der Waals surface area contributed by atoms with Crippen molar-refractivity contribution in [3.05, 3.63) is 53.9 Å². The van der Waals surface area contributed by atoms with Crippen molar-refractivity contribution in [3.63, 3.8) is 0 Å². The van der Waals surface area contributed by atoms with E-state index in [0.29, 0.717) is 5.56 Å². The number of benzene rings is 1. The highest BCUT2D eigenvalue weighted by Gasteiger charge is 2.18. The van der Waals surface area contributed by atoms with Gasteiger partial charge in [0.05, 0.1) is 6.04 Å². The second-order valence-electron chi connectivity index (χ2n) is 3.49. The summed E-state index contributed by atoms with van der Waals surface area (Å²) in [5, 5.41) is 3.21. The molecule has 2 rings (SSSR count). The van der Waals surface area contributed by atoms with E-state index in [4.69, 9.17) is 0 Å². The van der Waals surface area contributed by atoms with E-state index in [2.05, 4.69) is 15.3 Å². The summed E-state index contributed by atoms with van der Waals surface area (Å²) in [6.07, 6.45) is 3.40. The van der Waals surface area contributed by atoms with Gasteiger partial charge in [-0.05, 0) is 12.6 Å². The lowest BCUT2D eigenvalue weighted by atomic mass is 10.1. The summed E-state index contributed by atoms with van der Waals surface area (Å²) >= 11 is 0. The van der Waals surface area contributed by atoms with E-state index in [1.807, 2.05) is 13.0 Å². The number of halogens is 1. The largest absolute Gasteiger partial charge is 0.347 e. The molecule has 1 aromatic heterocycles. The van der Waals surface area contributed by atoms with Crippen molar-refractivity contribution >= 4 is 0 Å². The predicted molar refractivity (Wildman–Crippen MR) is 60.5 cm³/mol. The number of aromatic amines is 1.